The number of rotatable bonds is 6. The fourth-order valence-electron chi connectivity index (χ4n) is 4.05. The minimum Gasteiger partial charge on any atom is -0.380 e. The predicted molar refractivity (Wildman–Crippen MR) is 118 cm³/mol. The van der Waals surface area contributed by atoms with E-state index in [0.29, 0.717) is 12.1 Å². The van der Waals surface area contributed by atoms with E-state index in [4.69, 9.17) is 0 Å². The zero-order valence-electron chi connectivity index (χ0n) is 16.8. The number of hydrogen-bond donors (Lipinski definition) is 2. The van der Waals surface area contributed by atoms with Gasteiger partial charge in [0.25, 0.3) is 5.91 Å². The molecule has 0 unspecified atom stereocenters. The average molecular weight is 396 g/mol. The van der Waals surface area contributed by atoms with Crippen molar-refractivity contribution in [3.8, 4) is 6.07 Å². The van der Waals surface area contributed by atoms with Gasteiger partial charge in [-0.3, -0.25) is 9.78 Å². The second-order valence-electron chi connectivity index (χ2n) is 7.69. The third kappa shape index (κ3) is 4.18. The van der Waals surface area contributed by atoms with Crippen molar-refractivity contribution in [2.75, 3.05) is 10.6 Å². The number of nitrogens with one attached hydrogen (secondary N) is 2. The third-order valence-corrected chi connectivity index (χ3v) is 5.77. The molecule has 150 valence electrons. The number of aromatic nitrogens is 1. The van der Waals surface area contributed by atoms with Gasteiger partial charge < -0.3 is 10.6 Å². The lowest BCUT2D eigenvalue weighted by atomic mass is 9.80. The van der Waals surface area contributed by atoms with Crippen LogP contribution in [0, 0.1) is 11.3 Å². The standard InChI is InChI=1S/C25H24N4O/c26-18-25(13-3-4-14-25)20-7-9-21(10-8-20)29-24(30)22-5-1-2-6-23(22)28-17-19-11-15-27-16-12-19/h1-2,5-12,15-16,28H,3-4,13-14,17H2,(H,29,30). The first-order chi connectivity index (χ1) is 14.7. The highest BCUT2D eigenvalue weighted by molar-refractivity contribution is 6.08. The fraction of sp³-hybridized carbons (Fsp3) is 0.240. The molecule has 4 rings (SSSR count). The van der Waals surface area contributed by atoms with Crippen molar-refractivity contribution < 1.29 is 4.79 Å². The SMILES string of the molecule is N#CC1(c2ccc(NC(=O)c3ccccc3NCc3ccncc3)cc2)CCCC1. The Kier molecular flexibility index (Phi) is 5.76. The minimum atomic E-state index is -0.369. The molecule has 1 saturated carbocycles. The molecule has 2 N–H and O–H groups in total. The Bertz CT molecular complexity index is 1050. The Hall–Kier alpha value is -3.65. The number of amides is 1. The van der Waals surface area contributed by atoms with Crippen molar-refractivity contribution in [1.82, 2.24) is 4.98 Å². The van der Waals surface area contributed by atoms with Crippen molar-refractivity contribution in [3.63, 3.8) is 0 Å². The van der Waals surface area contributed by atoms with Gasteiger partial charge in [0.1, 0.15) is 0 Å². The summed E-state index contributed by atoms with van der Waals surface area (Å²) in [4.78, 5) is 16.9. The van der Waals surface area contributed by atoms with Gasteiger partial charge in [-0.05, 0) is 60.4 Å². The third-order valence-electron chi connectivity index (χ3n) is 5.77. The van der Waals surface area contributed by atoms with Crippen LogP contribution >= 0.6 is 0 Å². The van der Waals surface area contributed by atoms with E-state index >= 15 is 0 Å². The minimum absolute atomic E-state index is 0.170. The van der Waals surface area contributed by atoms with Gasteiger partial charge >= 0.3 is 0 Å². The van der Waals surface area contributed by atoms with Gasteiger partial charge in [-0.25, -0.2) is 0 Å². The monoisotopic (exact) mass is 396 g/mol. The average Bonchev–Trinajstić information content (AvgIpc) is 3.29. The van der Waals surface area contributed by atoms with Crippen LogP contribution in [0.2, 0.25) is 0 Å². The molecular formula is C25H24N4O. The smallest absolute Gasteiger partial charge is 0.257 e. The number of para-hydroxylation sites is 1. The first-order valence-corrected chi connectivity index (χ1v) is 10.3. The maximum absolute atomic E-state index is 12.9. The van der Waals surface area contributed by atoms with Crippen LogP contribution in [0.1, 0.15) is 47.2 Å². The van der Waals surface area contributed by atoms with Crippen LogP contribution in [0.4, 0.5) is 11.4 Å². The lowest BCUT2D eigenvalue weighted by Gasteiger charge is -2.21. The number of nitrogens with zero attached hydrogens (tertiary/aromatic N) is 2. The van der Waals surface area contributed by atoms with E-state index in [0.717, 1.165) is 48.2 Å². The summed E-state index contributed by atoms with van der Waals surface area (Å²) in [7, 11) is 0. The van der Waals surface area contributed by atoms with Gasteiger partial charge in [0.05, 0.1) is 17.0 Å². The summed E-state index contributed by atoms with van der Waals surface area (Å²) in [5, 5.41) is 16.0. The number of hydrogen-bond acceptors (Lipinski definition) is 4. The summed E-state index contributed by atoms with van der Waals surface area (Å²) in [5.41, 5.74) is 3.84. The Labute approximate surface area is 176 Å². The first kappa shape index (κ1) is 19.7. The topological polar surface area (TPSA) is 77.8 Å². The highest BCUT2D eigenvalue weighted by atomic mass is 16.1. The molecule has 0 atom stereocenters. The van der Waals surface area contributed by atoms with Gasteiger partial charge in [-0.1, -0.05) is 37.1 Å². The lowest BCUT2D eigenvalue weighted by molar-refractivity contribution is 0.102. The molecule has 3 aromatic rings. The van der Waals surface area contributed by atoms with Crippen LogP contribution < -0.4 is 10.6 Å². The van der Waals surface area contributed by atoms with E-state index in [-0.39, 0.29) is 11.3 Å². The highest BCUT2D eigenvalue weighted by Gasteiger charge is 2.35. The molecule has 0 aliphatic heterocycles. The summed E-state index contributed by atoms with van der Waals surface area (Å²) in [6, 6.07) is 21.6. The number of pyridine rings is 1. The Morgan fingerprint density at radius 3 is 2.40 bits per heavy atom. The largest absolute Gasteiger partial charge is 0.380 e. The quantitative estimate of drug-likeness (QED) is 0.594. The van der Waals surface area contributed by atoms with Crippen LogP contribution in [-0.4, -0.2) is 10.9 Å². The Balaban J connectivity index is 1.46. The number of anilines is 2. The maximum Gasteiger partial charge on any atom is 0.257 e. The van der Waals surface area contributed by atoms with Crippen LogP contribution in [0.15, 0.2) is 73.1 Å². The molecule has 0 saturated heterocycles. The molecule has 5 heteroatoms. The molecule has 1 amide bonds. The Morgan fingerprint density at radius 2 is 1.70 bits per heavy atom. The number of carbonyl (C=O) groups excluding carboxylic acids is 1. The van der Waals surface area contributed by atoms with Crippen LogP contribution in [0.5, 0.6) is 0 Å². The Morgan fingerprint density at radius 1 is 1.00 bits per heavy atom. The van der Waals surface area contributed by atoms with Crippen molar-refractivity contribution in [3.05, 3.63) is 89.7 Å². The second kappa shape index (κ2) is 8.79. The highest BCUT2D eigenvalue weighted by Crippen LogP contribution is 2.40. The van der Waals surface area contributed by atoms with Gasteiger partial charge in [-0.15, -0.1) is 0 Å². The molecule has 5 nitrogen and oxygen atoms in total. The molecule has 1 aliphatic carbocycles. The van der Waals surface area contributed by atoms with E-state index in [1.165, 1.54) is 0 Å². The summed E-state index contributed by atoms with van der Waals surface area (Å²) in [6.07, 6.45) is 7.50. The molecule has 1 heterocycles. The molecule has 0 bridgehead atoms. The van der Waals surface area contributed by atoms with E-state index in [1.807, 2.05) is 60.7 Å². The van der Waals surface area contributed by atoms with Crippen molar-refractivity contribution in [1.29, 1.82) is 5.26 Å². The van der Waals surface area contributed by atoms with E-state index in [1.54, 1.807) is 12.4 Å². The molecular weight excluding hydrogens is 372 g/mol. The zero-order chi connectivity index (χ0) is 20.8. The molecule has 1 aliphatic rings. The first-order valence-electron chi connectivity index (χ1n) is 10.3. The molecule has 1 fully saturated rings. The molecule has 2 aromatic carbocycles. The van der Waals surface area contributed by atoms with Crippen molar-refractivity contribution in [2.24, 2.45) is 0 Å². The molecule has 0 spiro atoms. The zero-order valence-corrected chi connectivity index (χ0v) is 16.8. The van der Waals surface area contributed by atoms with E-state index < -0.39 is 0 Å². The molecule has 30 heavy (non-hydrogen) atoms. The predicted octanol–water partition coefficient (Wildman–Crippen LogP) is 5.28. The maximum atomic E-state index is 12.9. The molecule has 1 aromatic heterocycles. The summed E-state index contributed by atoms with van der Waals surface area (Å²) in [6.45, 7) is 0.609. The van der Waals surface area contributed by atoms with Crippen LogP contribution in [-0.2, 0) is 12.0 Å². The van der Waals surface area contributed by atoms with E-state index in [2.05, 4.69) is 21.7 Å². The van der Waals surface area contributed by atoms with Crippen LogP contribution in [0.25, 0.3) is 0 Å². The number of benzene rings is 2. The number of carbonyl (C=O) groups is 1. The van der Waals surface area contributed by atoms with Gasteiger partial charge in [0.2, 0.25) is 0 Å². The summed E-state index contributed by atoms with van der Waals surface area (Å²) < 4.78 is 0. The number of nitriles is 1. The van der Waals surface area contributed by atoms with Gasteiger partial charge in [0.15, 0.2) is 0 Å². The summed E-state index contributed by atoms with van der Waals surface area (Å²) >= 11 is 0. The van der Waals surface area contributed by atoms with Crippen LogP contribution in [0.3, 0.4) is 0 Å². The lowest BCUT2D eigenvalue weighted by Crippen LogP contribution is -2.19. The fourth-order valence-corrected chi connectivity index (χ4v) is 4.05. The second-order valence-corrected chi connectivity index (χ2v) is 7.69. The normalized spacial score (nSPS) is 14.6. The van der Waals surface area contributed by atoms with E-state index in [9.17, 15) is 10.1 Å². The van der Waals surface area contributed by atoms with Crippen molar-refractivity contribution in [2.45, 2.75) is 37.6 Å². The van der Waals surface area contributed by atoms with Gasteiger partial charge in [0, 0.05) is 30.3 Å². The van der Waals surface area contributed by atoms with Crippen molar-refractivity contribution >= 4 is 17.3 Å². The van der Waals surface area contributed by atoms with Gasteiger partial charge in [-0.2, -0.15) is 5.26 Å². The summed E-state index contributed by atoms with van der Waals surface area (Å²) in [5.74, 6) is -0.170. The molecule has 0 radical (unpaired) electrons.